The molecule has 1 heterocycles. The summed E-state index contributed by atoms with van der Waals surface area (Å²) in [5.74, 6) is -0.538. The van der Waals surface area contributed by atoms with Crippen LogP contribution < -0.4 is 11.1 Å². The van der Waals surface area contributed by atoms with Crippen LogP contribution >= 0.6 is 11.6 Å². The largest absolute Gasteiger partial charge is 0.268 e. The second-order valence-corrected chi connectivity index (χ2v) is 6.04. The molecule has 0 unspecified atom stereocenters. The van der Waals surface area contributed by atoms with Crippen LogP contribution in [-0.4, -0.2) is 4.57 Å². The van der Waals surface area contributed by atoms with E-state index in [0.29, 0.717) is 21.5 Å². The van der Waals surface area contributed by atoms with Gasteiger partial charge in [0.15, 0.2) is 0 Å². The zero-order chi connectivity index (χ0) is 17.6. The average molecular weight is 352 g/mol. The van der Waals surface area contributed by atoms with E-state index in [1.807, 2.05) is 12.1 Å². The van der Waals surface area contributed by atoms with Gasteiger partial charge in [0, 0.05) is 10.8 Å². The lowest BCUT2D eigenvalue weighted by molar-refractivity contribution is 0.627. The van der Waals surface area contributed by atoms with Crippen molar-refractivity contribution in [2.75, 3.05) is 0 Å². The predicted octanol–water partition coefficient (Wildman–Crippen LogP) is 4.30. The van der Waals surface area contributed by atoms with Gasteiger partial charge in [0.25, 0.3) is 11.1 Å². The lowest BCUT2D eigenvalue weighted by atomic mass is 10.1. The Morgan fingerprint density at radius 1 is 0.720 bits per heavy atom. The normalized spacial score (nSPS) is 11.1. The first kappa shape index (κ1) is 15.5. The van der Waals surface area contributed by atoms with Gasteiger partial charge in [-0.3, -0.25) is 9.59 Å². The Labute approximate surface area is 146 Å². The number of halogens is 2. The summed E-state index contributed by atoms with van der Waals surface area (Å²) in [6.45, 7) is 0. The number of rotatable bonds is 1. The molecule has 3 nitrogen and oxygen atoms in total. The lowest BCUT2D eigenvalue weighted by Gasteiger charge is -2.05. The van der Waals surface area contributed by atoms with Gasteiger partial charge in [0.1, 0.15) is 5.82 Å². The van der Waals surface area contributed by atoms with Crippen LogP contribution in [0.1, 0.15) is 0 Å². The Kier molecular flexibility index (Phi) is 3.62. The summed E-state index contributed by atoms with van der Waals surface area (Å²) in [7, 11) is 0. The number of benzene rings is 3. The highest BCUT2D eigenvalue weighted by molar-refractivity contribution is 6.32. The summed E-state index contributed by atoms with van der Waals surface area (Å²) in [4.78, 5) is 26.2. The fourth-order valence-electron chi connectivity index (χ4n) is 3.02. The average Bonchev–Trinajstić information content (AvgIpc) is 2.71. The molecule has 25 heavy (non-hydrogen) atoms. The number of hydrogen-bond acceptors (Lipinski definition) is 2. The van der Waals surface area contributed by atoms with Crippen LogP contribution in [0.3, 0.4) is 0 Å². The minimum absolute atomic E-state index is 0.00133. The van der Waals surface area contributed by atoms with Crippen molar-refractivity contribution < 1.29 is 4.39 Å². The van der Waals surface area contributed by atoms with Gasteiger partial charge in [-0.05, 0) is 41.1 Å². The Morgan fingerprint density at radius 3 is 1.68 bits per heavy atom. The van der Waals surface area contributed by atoms with E-state index >= 15 is 0 Å². The monoisotopic (exact) mass is 351 g/mol. The van der Waals surface area contributed by atoms with Gasteiger partial charge in [-0.2, -0.15) is 0 Å². The molecule has 1 aromatic heterocycles. The molecule has 4 aromatic rings. The molecule has 122 valence electrons. The third kappa shape index (κ3) is 2.42. The summed E-state index contributed by atoms with van der Waals surface area (Å²) in [6, 6.07) is 17.6. The van der Waals surface area contributed by atoms with Crippen LogP contribution in [0.4, 0.5) is 4.39 Å². The Hall–Kier alpha value is -2.98. The molecule has 4 rings (SSSR count). The minimum atomic E-state index is -0.538. The Morgan fingerprint density at radius 2 is 1.20 bits per heavy atom. The lowest BCUT2D eigenvalue weighted by Crippen LogP contribution is -2.28. The zero-order valence-corrected chi connectivity index (χ0v) is 13.6. The second-order valence-electron chi connectivity index (χ2n) is 5.63. The third-order valence-electron chi connectivity index (χ3n) is 4.16. The number of aromatic nitrogens is 1. The van der Waals surface area contributed by atoms with Gasteiger partial charge >= 0.3 is 0 Å². The highest BCUT2D eigenvalue weighted by atomic mass is 35.5. The van der Waals surface area contributed by atoms with Gasteiger partial charge < -0.3 is 0 Å². The van der Waals surface area contributed by atoms with Crippen LogP contribution in [0, 0.1) is 5.82 Å². The fourth-order valence-corrected chi connectivity index (χ4v) is 3.28. The van der Waals surface area contributed by atoms with E-state index in [4.69, 9.17) is 11.6 Å². The zero-order valence-electron chi connectivity index (χ0n) is 12.9. The van der Waals surface area contributed by atoms with Crippen LogP contribution in [0.2, 0.25) is 5.02 Å². The molecule has 5 heteroatoms. The van der Waals surface area contributed by atoms with Gasteiger partial charge in [0.2, 0.25) is 0 Å². The topological polar surface area (TPSA) is 39.1 Å². The van der Waals surface area contributed by atoms with Gasteiger partial charge in [-0.1, -0.05) is 48.0 Å². The van der Waals surface area contributed by atoms with Crippen molar-refractivity contribution in [3.63, 3.8) is 0 Å². The van der Waals surface area contributed by atoms with Crippen molar-refractivity contribution in [3.05, 3.63) is 98.3 Å². The van der Waals surface area contributed by atoms with Crippen molar-refractivity contribution in [1.82, 2.24) is 4.57 Å². The molecule has 0 bridgehead atoms. The van der Waals surface area contributed by atoms with Gasteiger partial charge in [-0.25, -0.2) is 8.96 Å². The van der Waals surface area contributed by atoms with E-state index < -0.39 is 16.9 Å². The van der Waals surface area contributed by atoms with Crippen molar-refractivity contribution in [2.45, 2.75) is 0 Å². The van der Waals surface area contributed by atoms with Crippen molar-refractivity contribution in [3.8, 4) is 5.69 Å². The van der Waals surface area contributed by atoms with E-state index in [9.17, 15) is 14.0 Å². The smallest absolute Gasteiger partial charge is 0.266 e. The highest BCUT2D eigenvalue weighted by Gasteiger charge is 2.14. The molecule has 0 N–H and O–H groups in total. The quantitative estimate of drug-likeness (QED) is 0.513. The first-order chi connectivity index (χ1) is 12.1. The van der Waals surface area contributed by atoms with Crippen LogP contribution in [0.25, 0.3) is 27.2 Å². The highest BCUT2D eigenvalue weighted by Crippen LogP contribution is 2.23. The third-order valence-corrected chi connectivity index (χ3v) is 4.46. The maximum Gasteiger partial charge on any atom is 0.266 e. The number of nitrogens with zero attached hydrogens (tertiary/aromatic N) is 1. The first-order valence-corrected chi connectivity index (χ1v) is 7.98. The van der Waals surface area contributed by atoms with E-state index in [0.717, 1.165) is 10.6 Å². The molecule has 0 radical (unpaired) electrons. The maximum absolute atomic E-state index is 13.4. The molecule has 0 fully saturated rings. The second kappa shape index (κ2) is 5.83. The van der Waals surface area contributed by atoms with Crippen LogP contribution in [0.5, 0.6) is 0 Å². The summed E-state index contributed by atoms with van der Waals surface area (Å²) in [6.07, 6.45) is 0. The first-order valence-electron chi connectivity index (χ1n) is 7.60. The molecule has 0 saturated heterocycles. The summed E-state index contributed by atoms with van der Waals surface area (Å²) < 4.78 is 14.4. The molecule has 0 amide bonds. The summed E-state index contributed by atoms with van der Waals surface area (Å²) >= 11 is 6.11. The van der Waals surface area contributed by atoms with E-state index in [1.54, 1.807) is 36.4 Å². The van der Waals surface area contributed by atoms with Gasteiger partial charge in [0.05, 0.1) is 10.7 Å². The molecule has 0 aliphatic carbocycles. The van der Waals surface area contributed by atoms with Crippen molar-refractivity contribution in [2.24, 2.45) is 0 Å². The van der Waals surface area contributed by atoms with Crippen LogP contribution in [-0.2, 0) is 0 Å². The van der Waals surface area contributed by atoms with E-state index in [-0.39, 0.29) is 10.7 Å². The van der Waals surface area contributed by atoms with Crippen LogP contribution in [0.15, 0.2) is 76.3 Å². The molecule has 0 atom stereocenters. The molecular weight excluding hydrogens is 341 g/mol. The SMILES string of the molecule is O=c1c2ccccc2c2ccccc2c(=O)n1-c1ccc(F)cc1Cl. The molecule has 0 saturated carbocycles. The number of fused-ring (bicyclic) bond motifs is 3. The molecule has 0 spiro atoms. The summed E-state index contributed by atoms with van der Waals surface area (Å²) in [5, 5.41) is 2.13. The van der Waals surface area contributed by atoms with E-state index in [1.165, 1.54) is 12.1 Å². The van der Waals surface area contributed by atoms with Crippen molar-refractivity contribution in [1.29, 1.82) is 0 Å². The molecular formula is C20H11ClFNO2. The Bertz CT molecular complexity index is 1190. The molecule has 3 aromatic carbocycles. The molecule has 0 aliphatic heterocycles. The molecule has 0 aliphatic rings. The van der Waals surface area contributed by atoms with Gasteiger partial charge in [-0.15, -0.1) is 0 Å². The number of hydrogen-bond donors (Lipinski definition) is 0. The van der Waals surface area contributed by atoms with Crippen molar-refractivity contribution >= 4 is 33.1 Å². The summed E-state index contributed by atoms with van der Waals surface area (Å²) in [5.41, 5.74) is -0.833. The Balaban J connectivity index is 2.33. The minimum Gasteiger partial charge on any atom is -0.268 e. The maximum atomic E-state index is 13.4. The standard InChI is InChI=1S/C20H11ClFNO2/c21-17-11-12(22)9-10-18(17)23-19(24)15-7-3-1-5-13(15)14-6-2-4-8-16(14)20(23)25/h1-11H. The van der Waals surface area contributed by atoms with E-state index in [2.05, 4.69) is 0 Å². The fraction of sp³-hybridized carbons (Fsp3) is 0. The predicted molar refractivity (Wildman–Crippen MR) is 98.3 cm³/mol.